The number of benzene rings is 2. The first-order valence-electron chi connectivity index (χ1n) is 8.74. The van der Waals surface area contributed by atoms with Crippen LogP contribution in [0.4, 0.5) is 5.69 Å². The van der Waals surface area contributed by atoms with Gasteiger partial charge in [0.05, 0.1) is 6.54 Å². The maximum Gasteiger partial charge on any atom is 0.320 e. The molecule has 0 aromatic heterocycles. The molecule has 0 saturated heterocycles. The molecular formula is C20H21ClN2O4. The largest absolute Gasteiger partial charge is 0.480 e. The number of aliphatic carboxylic acids is 1. The van der Waals surface area contributed by atoms with E-state index in [-0.39, 0.29) is 18.5 Å². The van der Waals surface area contributed by atoms with E-state index in [9.17, 15) is 14.7 Å². The van der Waals surface area contributed by atoms with Gasteiger partial charge in [0, 0.05) is 16.8 Å². The van der Waals surface area contributed by atoms with Crippen LogP contribution in [0.15, 0.2) is 48.5 Å². The highest BCUT2D eigenvalue weighted by molar-refractivity contribution is 6.30. The molecule has 2 N–H and O–H groups in total. The molecule has 1 saturated carbocycles. The fraction of sp³-hybridized carbons (Fsp3) is 0.300. The third-order valence-electron chi connectivity index (χ3n) is 4.37. The van der Waals surface area contributed by atoms with Gasteiger partial charge in [-0.05, 0) is 62.2 Å². The number of carboxylic acids is 1. The van der Waals surface area contributed by atoms with Gasteiger partial charge in [-0.2, -0.15) is 0 Å². The van der Waals surface area contributed by atoms with E-state index in [1.807, 2.05) is 0 Å². The summed E-state index contributed by atoms with van der Waals surface area (Å²) in [6.45, 7) is 1.66. The smallest absolute Gasteiger partial charge is 0.320 e. The van der Waals surface area contributed by atoms with Crippen molar-refractivity contribution in [2.24, 2.45) is 0 Å². The van der Waals surface area contributed by atoms with Gasteiger partial charge >= 0.3 is 5.97 Å². The first-order valence-corrected chi connectivity index (χ1v) is 9.12. The number of carboxylic acid groups (broad SMARTS) is 1. The zero-order valence-corrected chi connectivity index (χ0v) is 15.6. The fourth-order valence-corrected chi connectivity index (χ4v) is 2.95. The van der Waals surface area contributed by atoms with Gasteiger partial charge < -0.3 is 15.2 Å². The van der Waals surface area contributed by atoms with E-state index < -0.39 is 12.0 Å². The first kappa shape index (κ1) is 19.2. The third-order valence-corrected chi connectivity index (χ3v) is 4.60. The summed E-state index contributed by atoms with van der Waals surface area (Å²) >= 11 is 5.94. The number of hydrogen-bond donors (Lipinski definition) is 2. The quantitative estimate of drug-likeness (QED) is 0.714. The Morgan fingerprint density at radius 3 is 2.52 bits per heavy atom. The Morgan fingerprint density at radius 2 is 1.93 bits per heavy atom. The van der Waals surface area contributed by atoms with Crippen LogP contribution in [0.5, 0.6) is 11.5 Å². The van der Waals surface area contributed by atoms with Gasteiger partial charge in [0.2, 0.25) is 5.91 Å². The highest BCUT2D eigenvalue weighted by Gasteiger charge is 2.36. The molecule has 1 unspecified atom stereocenters. The van der Waals surface area contributed by atoms with Crippen LogP contribution in [-0.2, 0) is 9.59 Å². The number of ether oxygens (including phenoxy) is 1. The van der Waals surface area contributed by atoms with E-state index in [4.69, 9.17) is 16.3 Å². The second-order valence-electron chi connectivity index (χ2n) is 6.55. The standard InChI is InChI=1S/C20H21ClN2O4/c1-13(20(25)26)23(16-7-8-16)12-19(24)22-15-5-9-17(10-6-15)27-18-4-2-3-14(21)11-18/h2-6,9-11,13,16H,7-8,12H2,1H3,(H,22,24)(H,25,26). The Labute approximate surface area is 162 Å². The van der Waals surface area contributed by atoms with Crippen LogP contribution in [0.25, 0.3) is 0 Å². The Balaban J connectivity index is 1.57. The van der Waals surface area contributed by atoms with Crippen molar-refractivity contribution in [3.05, 3.63) is 53.6 Å². The molecule has 0 spiro atoms. The van der Waals surface area contributed by atoms with Gasteiger partial charge in [-0.1, -0.05) is 17.7 Å². The van der Waals surface area contributed by atoms with Crippen molar-refractivity contribution < 1.29 is 19.4 Å². The molecule has 6 nitrogen and oxygen atoms in total. The van der Waals surface area contributed by atoms with Gasteiger partial charge in [0.15, 0.2) is 0 Å². The van der Waals surface area contributed by atoms with Crippen molar-refractivity contribution in [1.29, 1.82) is 0 Å². The van der Waals surface area contributed by atoms with E-state index in [2.05, 4.69) is 5.32 Å². The lowest BCUT2D eigenvalue weighted by Crippen LogP contribution is -2.44. The van der Waals surface area contributed by atoms with Crippen molar-refractivity contribution in [2.75, 3.05) is 11.9 Å². The minimum absolute atomic E-state index is 0.0545. The van der Waals surface area contributed by atoms with Crippen molar-refractivity contribution in [1.82, 2.24) is 4.90 Å². The molecule has 27 heavy (non-hydrogen) atoms. The Morgan fingerprint density at radius 1 is 1.22 bits per heavy atom. The summed E-state index contributed by atoms with van der Waals surface area (Å²) in [6.07, 6.45) is 1.86. The number of amides is 1. The molecule has 0 aliphatic heterocycles. The Kier molecular flexibility index (Phi) is 5.98. The van der Waals surface area contributed by atoms with E-state index in [1.54, 1.807) is 60.4 Å². The van der Waals surface area contributed by atoms with Crippen LogP contribution in [0.3, 0.4) is 0 Å². The summed E-state index contributed by atoms with van der Waals surface area (Å²) in [6, 6.07) is 13.5. The molecule has 3 rings (SSSR count). The molecule has 2 aromatic carbocycles. The number of anilines is 1. The number of hydrogen-bond acceptors (Lipinski definition) is 4. The zero-order valence-electron chi connectivity index (χ0n) is 14.9. The van der Waals surface area contributed by atoms with Crippen LogP contribution in [0, 0.1) is 0 Å². The van der Waals surface area contributed by atoms with Gasteiger partial charge in [-0.3, -0.25) is 14.5 Å². The molecule has 0 radical (unpaired) electrons. The van der Waals surface area contributed by atoms with Gasteiger partial charge in [-0.15, -0.1) is 0 Å². The fourth-order valence-electron chi connectivity index (χ4n) is 2.77. The highest BCUT2D eigenvalue weighted by atomic mass is 35.5. The zero-order chi connectivity index (χ0) is 19.4. The summed E-state index contributed by atoms with van der Waals surface area (Å²) in [5, 5.41) is 12.6. The predicted molar refractivity (Wildman–Crippen MR) is 103 cm³/mol. The maximum atomic E-state index is 12.3. The normalized spacial score (nSPS) is 14.6. The van der Waals surface area contributed by atoms with E-state index >= 15 is 0 Å². The molecule has 0 heterocycles. The Hall–Kier alpha value is -2.57. The van der Waals surface area contributed by atoms with Gasteiger partial charge in [-0.25, -0.2) is 0 Å². The average Bonchev–Trinajstić information content (AvgIpc) is 3.46. The number of halogens is 1. The first-order chi connectivity index (χ1) is 12.9. The molecule has 1 fully saturated rings. The number of rotatable bonds is 8. The number of carbonyl (C=O) groups excluding carboxylic acids is 1. The van der Waals surface area contributed by atoms with Gasteiger partial charge in [0.1, 0.15) is 17.5 Å². The summed E-state index contributed by atoms with van der Waals surface area (Å²) in [7, 11) is 0. The lowest BCUT2D eigenvalue weighted by Gasteiger charge is -2.25. The number of carbonyl (C=O) groups is 2. The minimum Gasteiger partial charge on any atom is -0.480 e. The molecule has 7 heteroatoms. The van der Waals surface area contributed by atoms with Crippen LogP contribution >= 0.6 is 11.6 Å². The molecule has 1 aliphatic rings. The third kappa shape index (κ3) is 5.45. The second-order valence-corrected chi connectivity index (χ2v) is 6.99. The van der Waals surface area contributed by atoms with Crippen molar-refractivity contribution in [2.45, 2.75) is 31.8 Å². The predicted octanol–water partition coefficient (Wildman–Crippen LogP) is 4.01. The molecule has 1 atom stereocenters. The van der Waals surface area contributed by atoms with Crippen LogP contribution in [-0.4, -0.2) is 40.5 Å². The second kappa shape index (κ2) is 8.41. The van der Waals surface area contributed by atoms with Crippen molar-refractivity contribution in [3.8, 4) is 11.5 Å². The molecule has 142 valence electrons. The molecule has 1 amide bonds. The summed E-state index contributed by atoms with van der Waals surface area (Å²) < 4.78 is 5.71. The van der Waals surface area contributed by atoms with Crippen molar-refractivity contribution in [3.63, 3.8) is 0 Å². The highest BCUT2D eigenvalue weighted by Crippen LogP contribution is 2.29. The number of nitrogens with one attached hydrogen (secondary N) is 1. The van der Waals surface area contributed by atoms with Crippen LogP contribution in [0.2, 0.25) is 5.02 Å². The summed E-state index contributed by atoms with van der Waals surface area (Å²) in [5.41, 5.74) is 0.622. The van der Waals surface area contributed by atoms with Crippen LogP contribution < -0.4 is 10.1 Å². The molecule has 0 bridgehead atoms. The lowest BCUT2D eigenvalue weighted by molar-refractivity contribution is -0.143. The van der Waals surface area contributed by atoms with E-state index in [1.165, 1.54) is 0 Å². The van der Waals surface area contributed by atoms with Crippen LogP contribution in [0.1, 0.15) is 19.8 Å². The van der Waals surface area contributed by atoms with E-state index in [0.29, 0.717) is 22.2 Å². The average molecular weight is 389 g/mol. The SMILES string of the molecule is CC(C(=O)O)N(CC(=O)Nc1ccc(Oc2cccc(Cl)c2)cc1)C1CC1. The minimum atomic E-state index is -0.919. The lowest BCUT2D eigenvalue weighted by atomic mass is 10.2. The summed E-state index contributed by atoms with van der Waals surface area (Å²) in [4.78, 5) is 25.3. The summed E-state index contributed by atoms with van der Waals surface area (Å²) in [5.74, 6) is 0.0899. The molecule has 2 aromatic rings. The Bertz CT molecular complexity index is 821. The number of nitrogens with zero attached hydrogens (tertiary/aromatic N) is 1. The maximum absolute atomic E-state index is 12.3. The molecular weight excluding hydrogens is 368 g/mol. The van der Waals surface area contributed by atoms with Crippen molar-refractivity contribution >= 4 is 29.2 Å². The monoisotopic (exact) mass is 388 g/mol. The molecule has 1 aliphatic carbocycles. The van der Waals surface area contributed by atoms with Gasteiger partial charge in [0.25, 0.3) is 0 Å². The topological polar surface area (TPSA) is 78.9 Å². The van der Waals surface area contributed by atoms with E-state index in [0.717, 1.165) is 12.8 Å².